The first-order valence-corrected chi connectivity index (χ1v) is 4.69. The van der Waals surface area contributed by atoms with Gasteiger partial charge in [0.1, 0.15) is 11.9 Å². The average molecular weight is 194 g/mol. The smallest absolute Gasteiger partial charge is 0.145 e. The maximum absolute atomic E-state index is 5.71. The van der Waals surface area contributed by atoms with E-state index in [1.54, 1.807) is 6.20 Å². The molecule has 0 radical (unpaired) electrons. The maximum Gasteiger partial charge on any atom is 0.145 e. The second-order valence-corrected chi connectivity index (χ2v) is 3.41. The number of aryl methyl sites for hydroxylation is 1. The van der Waals surface area contributed by atoms with Crippen LogP contribution in [0.3, 0.4) is 0 Å². The van der Waals surface area contributed by atoms with Gasteiger partial charge in [0.05, 0.1) is 13.2 Å². The minimum Gasteiger partial charge on any atom is -0.485 e. The summed E-state index contributed by atoms with van der Waals surface area (Å²) in [5, 5.41) is 0. The molecule has 1 saturated heterocycles. The van der Waals surface area contributed by atoms with Crippen LogP contribution in [-0.2, 0) is 11.3 Å². The van der Waals surface area contributed by atoms with E-state index in [1.807, 2.05) is 13.0 Å². The zero-order valence-electron chi connectivity index (χ0n) is 8.19. The lowest BCUT2D eigenvalue weighted by molar-refractivity contribution is -0.0800. The van der Waals surface area contributed by atoms with Crippen molar-refractivity contribution in [3.05, 3.63) is 23.5 Å². The minimum atomic E-state index is 0.182. The van der Waals surface area contributed by atoms with Gasteiger partial charge >= 0.3 is 0 Å². The fraction of sp³-hybridized carbons (Fsp3) is 0.500. The number of aromatic nitrogens is 1. The van der Waals surface area contributed by atoms with Gasteiger partial charge in [0.25, 0.3) is 0 Å². The Kier molecular flexibility index (Phi) is 2.65. The lowest BCUT2D eigenvalue weighted by Gasteiger charge is -2.27. The fourth-order valence-corrected chi connectivity index (χ4v) is 1.29. The van der Waals surface area contributed by atoms with E-state index in [-0.39, 0.29) is 6.10 Å². The number of hydrogen-bond donors (Lipinski definition) is 1. The number of hydrogen-bond acceptors (Lipinski definition) is 4. The van der Waals surface area contributed by atoms with Crippen LogP contribution >= 0.6 is 0 Å². The van der Waals surface area contributed by atoms with Gasteiger partial charge in [-0.1, -0.05) is 0 Å². The second-order valence-electron chi connectivity index (χ2n) is 3.41. The predicted molar refractivity (Wildman–Crippen MR) is 52.1 cm³/mol. The van der Waals surface area contributed by atoms with Gasteiger partial charge in [-0.15, -0.1) is 0 Å². The fourth-order valence-electron chi connectivity index (χ4n) is 1.29. The van der Waals surface area contributed by atoms with E-state index in [2.05, 4.69) is 4.98 Å². The number of ether oxygens (including phenoxy) is 2. The van der Waals surface area contributed by atoms with Gasteiger partial charge < -0.3 is 15.2 Å². The highest BCUT2D eigenvalue weighted by Gasteiger charge is 2.21. The Balaban J connectivity index is 2.15. The van der Waals surface area contributed by atoms with Crippen molar-refractivity contribution >= 4 is 0 Å². The largest absolute Gasteiger partial charge is 0.485 e. The lowest BCUT2D eigenvalue weighted by Crippen LogP contribution is -2.38. The van der Waals surface area contributed by atoms with E-state index in [0.717, 1.165) is 17.0 Å². The van der Waals surface area contributed by atoms with Gasteiger partial charge in [-0.2, -0.15) is 0 Å². The molecule has 1 aromatic heterocycles. The van der Waals surface area contributed by atoms with Gasteiger partial charge in [-0.05, 0) is 6.92 Å². The topological polar surface area (TPSA) is 57.4 Å². The molecule has 4 heteroatoms. The second kappa shape index (κ2) is 3.94. The Bertz CT molecular complexity index is 324. The molecule has 0 aliphatic carbocycles. The van der Waals surface area contributed by atoms with Crippen molar-refractivity contribution in [2.45, 2.75) is 19.6 Å². The normalized spacial score (nSPS) is 16.4. The number of rotatable bonds is 3. The van der Waals surface area contributed by atoms with Crippen molar-refractivity contribution in [3.63, 3.8) is 0 Å². The van der Waals surface area contributed by atoms with Crippen LogP contribution in [-0.4, -0.2) is 24.3 Å². The van der Waals surface area contributed by atoms with Crippen molar-refractivity contribution in [1.82, 2.24) is 4.98 Å². The van der Waals surface area contributed by atoms with Crippen molar-refractivity contribution in [2.75, 3.05) is 13.2 Å². The monoisotopic (exact) mass is 194 g/mol. The first kappa shape index (κ1) is 9.43. The maximum atomic E-state index is 5.71. The van der Waals surface area contributed by atoms with E-state index in [9.17, 15) is 0 Å². The summed E-state index contributed by atoms with van der Waals surface area (Å²) in [5.41, 5.74) is 7.47. The molecule has 2 N–H and O–H groups in total. The van der Waals surface area contributed by atoms with Crippen LogP contribution < -0.4 is 10.5 Å². The molecule has 2 heterocycles. The summed E-state index contributed by atoms with van der Waals surface area (Å²) in [7, 11) is 0. The molecule has 1 fully saturated rings. The zero-order chi connectivity index (χ0) is 9.97. The Morgan fingerprint density at radius 3 is 3.00 bits per heavy atom. The van der Waals surface area contributed by atoms with Gasteiger partial charge in [0.15, 0.2) is 0 Å². The van der Waals surface area contributed by atoms with Crippen LogP contribution in [0, 0.1) is 6.92 Å². The molecule has 0 spiro atoms. The minimum absolute atomic E-state index is 0.182. The number of nitrogens with two attached hydrogens (primary N) is 1. The molecule has 0 unspecified atom stereocenters. The highest BCUT2D eigenvalue weighted by atomic mass is 16.6. The summed E-state index contributed by atoms with van der Waals surface area (Å²) in [4.78, 5) is 4.17. The third kappa shape index (κ3) is 1.86. The van der Waals surface area contributed by atoms with Crippen molar-refractivity contribution < 1.29 is 9.47 Å². The predicted octanol–water partition coefficient (Wildman–Crippen LogP) is 0.626. The van der Waals surface area contributed by atoms with Crippen molar-refractivity contribution in [2.24, 2.45) is 5.73 Å². The number of nitrogens with zero attached hydrogens (tertiary/aromatic N) is 1. The van der Waals surface area contributed by atoms with E-state index < -0.39 is 0 Å². The molecular weight excluding hydrogens is 180 g/mol. The van der Waals surface area contributed by atoms with Crippen LogP contribution in [0.5, 0.6) is 5.75 Å². The van der Waals surface area contributed by atoms with E-state index in [0.29, 0.717) is 19.8 Å². The summed E-state index contributed by atoms with van der Waals surface area (Å²) in [6.45, 7) is 3.73. The third-order valence-corrected chi connectivity index (χ3v) is 2.20. The molecule has 76 valence electrons. The lowest BCUT2D eigenvalue weighted by atomic mass is 10.2. The Morgan fingerprint density at radius 1 is 1.64 bits per heavy atom. The molecule has 0 atom stereocenters. The summed E-state index contributed by atoms with van der Waals surface area (Å²) in [6.07, 6.45) is 1.95. The molecular formula is C10H14N2O2. The molecule has 14 heavy (non-hydrogen) atoms. The van der Waals surface area contributed by atoms with Crippen molar-refractivity contribution in [1.29, 1.82) is 0 Å². The molecule has 0 aromatic carbocycles. The molecule has 2 rings (SSSR count). The average Bonchev–Trinajstić information content (AvgIpc) is 2.12. The first-order valence-electron chi connectivity index (χ1n) is 4.69. The van der Waals surface area contributed by atoms with Crippen LogP contribution in [0.1, 0.15) is 11.3 Å². The zero-order valence-corrected chi connectivity index (χ0v) is 8.19. The van der Waals surface area contributed by atoms with Gasteiger partial charge in [0, 0.05) is 30.1 Å². The summed E-state index contributed by atoms with van der Waals surface area (Å²) < 4.78 is 10.7. The van der Waals surface area contributed by atoms with Crippen LogP contribution in [0.2, 0.25) is 0 Å². The highest BCUT2D eigenvalue weighted by Crippen LogP contribution is 2.21. The molecule has 4 nitrogen and oxygen atoms in total. The molecule has 0 saturated carbocycles. The Morgan fingerprint density at radius 2 is 2.43 bits per heavy atom. The van der Waals surface area contributed by atoms with E-state index >= 15 is 0 Å². The molecule has 1 aliphatic heterocycles. The Labute approximate surface area is 83.0 Å². The van der Waals surface area contributed by atoms with Crippen LogP contribution in [0.4, 0.5) is 0 Å². The number of pyridine rings is 1. The van der Waals surface area contributed by atoms with Gasteiger partial charge in [-0.25, -0.2) is 0 Å². The van der Waals surface area contributed by atoms with Crippen LogP contribution in [0.15, 0.2) is 12.3 Å². The molecule has 0 amide bonds. The standard InChI is InChI=1S/C10H14N2O2/c1-7-2-10(8(3-11)4-12-7)14-9-5-13-6-9/h2,4,9H,3,5-6,11H2,1H3. The molecule has 1 aromatic rings. The van der Waals surface area contributed by atoms with E-state index in [4.69, 9.17) is 15.2 Å². The molecule has 1 aliphatic rings. The summed E-state index contributed by atoms with van der Waals surface area (Å²) in [6, 6.07) is 1.92. The van der Waals surface area contributed by atoms with Crippen molar-refractivity contribution in [3.8, 4) is 5.75 Å². The van der Waals surface area contributed by atoms with Gasteiger partial charge in [0.2, 0.25) is 0 Å². The summed E-state index contributed by atoms with van der Waals surface area (Å²) in [5.74, 6) is 0.841. The third-order valence-electron chi connectivity index (χ3n) is 2.20. The Hall–Kier alpha value is -1.13. The summed E-state index contributed by atoms with van der Waals surface area (Å²) >= 11 is 0. The first-order chi connectivity index (χ1) is 6.79. The highest BCUT2D eigenvalue weighted by molar-refractivity contribution is 5.33. The van der Waals surface area contributed by atoms with Crippen LogP contribution in [0.25, 0.3) is 0 Å². The SMILES string of the molecule is Cc1cc(OC2COC2)c(CN)cn1. The molecule has 0 bridgehead atoms. The van der Waals surface area contributed by atoms with E-state index in [1.165, 1.54) is 0 Å². The quantitative estimate of drug-likeness (QED) is 0.766. The van der Waals surface area contributed by atoms with Gasteiger partial charge in [-0.3, -0.25) is 4.98 Å².